The number of carboxylic acid groups (broad SMARTS) is 1. The lowest BCUT2D eigenvalue weighted by molar-refractivity contribution is -0.137. The van der Waals surface area contributed by atoms with Crippen LogP contribution in [0.5, 0.6) is 0 Å². The van der Waals surface area contributed by atoms with Gasteiger partial charge >= 0.3 is 5.97 Å². The monoisotopic (exact) mass is 191 g/mol. The second kappa shape index (κ2) is 3.42. The molecule has 3 N–H and O–H groups in total. The molecule has 0 saturated heterocycles. The van der Waals surface area contributed by atoms with Crippen LogP contribution in [0.3, 0.4) is 0 Å². The minimum Gasteiger partial charge on any atom is -0.481 e. The molecule has 3 nitrogen and oxygen atoms in total. The van der Waals surface area contributed by atoms with E-state index in [2.05, 4.69) is 0 Å². The molecule has 0 aromatic heterocycles. The molecule has 1 aliphatic carbocycles. The van der Waals surface area contributed by atoms with Crippen molar-refractivity contribution in [1.29, 1.82) is 0 Å². The highest BCUT2D eigenvalue weighted by Gasteiger charge is 2.30. The van der Waals surface area contributed by atoms with Crippen LogP contribution in [0, 0.1) is 0 Å². The summed E-state index contributed by atoms with van der Waals surface area (Å²) in [5.41, 5.74) is 8.23. The van der Waals surface area contributed by atoms with Gasteiger partial charge in [-0.05, 0) is 17.5 Å². The Morgan fingerprint density at radius 3 is 2.93 bits per heavy atom. The van der Waals surface area contributed by atoms with Crippen LogP contribution in [0.1, 0.15) is 23.5 Å². The van der Waals surface area contributed by atoms with Gasteiger partial charge in [0.15, 0.2) is 0 Å². The highest BCUT2D eigenvalue weighted by atomic mass is 16.4. The molecular formula is C11H13NO2. The van der Waals surface area contributed by atoms with Gasteiger partial charge in [-0.2, -0.15) is 0 Å². The number of carboxylic acids is 1. The van der Waals surface area contributed by atoms with Crippen molar-refractivity contribution in [2.24, 2.45) is 5.73 Å². The van der Waals surface area contributed by atoms with Gasteiger partial charge in [-0.25, -0.2) is 0 Å². The van der Waals surface area contributed by atoms with E-state index in [0.717, 1.165) is 12.0 Å². The summed E-state index contributed by atoms with van der Waals surface area (Å²) in [6.45, 7) is 0. The highest BCUT2D eigenvalue weighted by molar-refractivity contribution is 5.68. The SMILES string of the molecule is NC1Cc2ccccc2[C@H]1CC(=O)O. The maximum Gasteiger partial charge on any atom is 0.304 e. The Bertz CT molecular complexity index is 362. The highest BCUT2D eigenvalue weighted by Crippen LogP contribution is 2.34. The molecule has 0 fully saturated rings. The van der Waals surface area contributed by atoms with Crippen LogP contribution < -0.4 is 5.73 Å². The minimum absolute atomic E-state index is 0.0105. The zero-order valence-electron chi connectivity index (χ0n) is 7.81. The van der Waals surface area contributed by atoms with E-state index in [4.69, 9.17) is 10.8 Å². The molecule has 74 valence electrons. The average molecular weight is 191 g/mol. The second-order valence-electron chi connectivity index (χ2n) is 3.77. The molecular weight excluding hydrogens is 178 g/mol. The molecule has 1 aromatic rings. The van der Waals surface area contributed by atoms with E-state index in [1.54, 1.807) is 0 Å². The zero-order chi connectivity index (χ0) is 10.1. The van der Waals surface area contributed by atoms with Gasteiger partial charge in [0.25, 0.3) is 0 Å². The van der Waals surface area contributed by atoms with E-state index in [-0.39, 0.29) is 18.4 Å². The molecule has 3 heteroatoms. The van der Waals surface area contributed by atoms with Crippen LogP contribution in [0.25, 0.3) is 0 Å². The third kappa shape index (κ3) is 1.51. The molecule has 0 saturated carbocycles. The Labute approximate surface area is 82.5 Å². The summed E-state index contributed by atoms with van der Waals surface area (Å²) in [5.74, 6) is -0.786. The van der Waals surface area contributed by atoms with Crippen molar-refractivity contribution in [3.8, 4) is 0 Å². The van der Waals surface area contributed by atoms with E-state index in [1.807, 2.05) is 24.3 Å². The summed E-state index contributed by atoms with van der Waals surface area (Å²) in [4.78, 5) is 10.7. The van der Waals surface area contributed by atoms with Crippen molar-refractivity contribution in [2.45, 2.75) is 24.8 Å². The van der Waals surface area contributed by atoms with Crippen LogP contribution in [0.4, 0.5) is 0 Å². The summed E-state index contributed by atoms with van der Waals surface area (Å²) in [6.07, 6.45) is 0.937. The van der Waals surface area contributed by atoms with E-state index in [1.165, 1.54) is 5.56 Å². The molecule has 0 heterocycles. The van der Waals surface area contributed by atoms with Crippen molar-refractivity contribution in [3.63, 3.8) is 0 Å². The van der Waals surface area contributed by atoms with Crippen LogP contribution >= 0.6 is 0 Å². The molecule has 0 radical (unpaired) electrons. The standard InChI is InChI=1S/C11H13NO2/c12-10-5-7-3-1-2-4-8(7)9(10)6-11(13)14/h1-4,9-10H,5-6,12H2,(H,13,14)/t9-,10?/m1/s1. The predicted octanol–water partition coefficient (Wildman–Crippen LogP) is 1.13. The Morgan fingerprint density at radius 2 is 2.21 bits per heavy atom. The molecule has 1 aliphatic rings. The fourth-order valence-corrected chi connectivity index (χ4v) is 2.16. The number of fused-ring (bicyclic) bond motifs is 1. The van der Waals surface area contributed by atoms with Gasteiger partial charge in [-0.15, -0.1) is 0 Å². The normalized spacial score (nSPS) is 24.6. The summed E-state index contributed by atoms with van der Waals surface area (Å²) >= 11 is 0. The van der Waals surface area contributed by atoms with Crippen molar-refractivity contribution < 1.29 is 9.90 Å². The summed E-state index contributed by atoms with van der Waals surface area (Å²) in [6, 6.07) is 7.87. The van der Waals surface area contributed by atoms with E-state index >= 15 is 0 Å². The quantitative estimate of drug-likeness (QED) is 0.736. The Morgan fingerprint density at radius 1 is 1.50 bits per heavy atom. The van der Waals surface area contributed by atoms with Crippen LogP contribution in [-0.2, 0) is 11.2 Å². The van der Waals surface area contributed by atoms with Gasteiger partial charge in [-0.1, -0.05) is 24.3 Å². The maximum atomic E-state index is 10.7. The average Bonchev–Trinajstić information content (AvgIpc) is 2.43. The van der Waals surface area contributed by atoms with Gasteiger partial charge in [0.2, 0.25) is 0 Å². The number of aliphatic carboxylic acids is 1. The van der Waals surface area contributed by atoms with Gasteiger partial charge in [-0.3, -0.25) is 4.79 Å². The van der Waals surface area contributed by atoms with E-state index in [0.29, 0.717) is 0 Å². The van der Waals surface area contributed by atoms with Gasteiger partial charge in [0.1, 0.15) is 0 Å². The molecule has 0 spiro atoms. The van der Waals surface area contributed by atoms with Gasteiger partial charge in [0.05, 0.1) is 6.42 Å². The lowest BCUT2D eigenvalue weighted by atomic mass is 9.95. The first-order chi connectivity index (χ1) is 6.68. The van der Waals surface area contributed by atoms with Crippen LogP contribution in [0.2, 0.25) is 0 Å². The Hall–Kier alpha value is -1.35. The first-order valence-corrected chi connectivity index (χ1v) is 4.73. The van der Waals surface area contributed by atoms with Crippen molar-refractivity contribution >= 4 is 5.97 Å². The lowest BCUT2D eigenvalue weighted by Crippen LogP contribution is -2.26. The second-order valence-corrected chi connectivity index (χ2v) is 3.77. The predicted molar refractivity (Wildman–Crippen MR) is 53.1 cm³/mol. The number of hydrogen-bond donors (Lipinski definition) is 2. The zero-order valence-corrected chi connectivity index (χ0v) is 7.81. The Kier molecular flexibility index (Phi) is 2.25. The minimum atomic E-state index is -0.776. The molecule has 1 unspecified atom stereocenters. The third-order valence-electron chi connectivity index (χ3n) is 2.82. The molecule has 1 aromatic carbocycles. The molecule has 14 heavy (non-hydrogen) atoms. The summed E-state index contributed by atoms with van der Waals surface area (Å²) in [5, 5.41) is 8.76. The third-order valence-corrected chi connectivity index (χ3v) is 2.82. The first-order valence-electron chi connectivity index (χ1n) is 4.73. The lowest BCUT2D eigenvalue weighted by Gasteiger charge is -2.13. The fourth-order valence-electron chi connectivity index (χ4n) is 2.16. The molecule has 0 amide bonds. The summed E-state index contributed by atoms with van der Waals surface area (Å²) in [7, 11) is 0. The number of nitrogens with two attached hydrogens (primary N) is 1. The largest absolute Gasteiger partial charge is 0.481 e. The van der Waals surface area contributed by atoms with Crippen molar-refractivity contribution in [1.82, 2.24) is 0 Å². The van der Waals surface area contributed by atoms with Crippen LogP contribution in [-0.4, -0.2) is 17.1 Å². The van der Waals surface area contributed by atoms with Crippen molar-refractivity contribution in [3.05, 3.63) is 35.4 Å². The molecule has 0 bridgehead atoms. The van der Waals surface area contributed by atoms with Crippen molar-refractivity contribution in [2.75, 3.05) is 0 Å². The maximum absolute atomic E-state index is 10.7. The number of carbonyl (C=O) groups is 1. The molecule has 2 rings (SSSR count). The fraction of sp³-hybridized carbons (Fsp3) is 0.364. The molecule has 0 aliphatic heterocycles. The number of benzene rings is 1. The summed E-state index contributed by atoms with van der Waals surface area (Å²) < 4.78 is 0. The smallest absolute Gasteiger partial charge is 0.304 e. The van der Waals surface area contributed by atoms with Crippen LogP contribution in [0.15, 0.2) is 24.3 Å². The van der Waals surface area contributed by atoms with E-state index < -0.39 is 5.97 Å². The van der Waals surface area contributed by atoms with E-state index in [9.17, 15) is 4.79 Å². The first kappa shape index (κ1) is 9.21. The topological polar surface area (TPSA) is 63.3 Å². The van der Waals surface area contributed by atoms with Gasteiger partial charge in [0, 0.05) is 12.0 Å². The molecule has 2 atom stereocenters. The number of hydrogen-bond acceptors (Lipinski definition) is 2. The Balaban J connectivity index is 2.30. The number of rotatable bonds is 2. The van der Waals surface area contributed by atoms with Gasteiger partial charge < -0.3 is 10.8 Å².